The van der Waals surface area contributed by atoms with Crippen molar-refractivity contribution in [1.82, 2.24) is 0 Å². The minimum Gasteiger partial charge on any atom is -0.105 e. The van der Waals surface area contributed by atoms with E-state index in [1.165, 1.54) is 381 Å². The predicted molar refractivity (Wildman–Crippen MR) is 434 cm³/mol. The van der Waals surface area contributed by atoms with E-state index >= 15 is 0 Å². The number of rotatable bonds is 48. The lowest BCUT2D eigenvalue weighted by atomic mass is 9.70. The van der Waals surface area contributed by atoms with Gasteiger partial charge in [0.15, 0.2) is 0 Å². The van der Waals surface area contributed by atoms with Crippen LogP contribution in [0.2, 0.25) is 0 Å². The molecule has 5 aromatic rings. The number of hydrogen-bond acceptors (Lipinski definition) is 2. The first kappa shape index (κ1) is 74.2. The third-order valence-electron chi connectivity index (χ3n) is 23.6. The van der Waals surface area contributed by atoms with Crippen LogP contribution in [-0.4, -0.2) is 0 Å². The van der Waals surface area contributed by atoms with Gasteiger partial charge in [0.1, 0.15) is 0 Å². The summed E-state index contributed by atoms with van der Waals surface area (Å²) in [6, 6.07) is 44.9. The van der Waals surface area contributed by atoms with Crippen molar-refractivity contribution in [3.8, 4) is 0 Å². The maximum atomic E-state index is 2.65. The summed E-state index contributed by atoms with van der Waals surface area (Å²) in [7, 11) is 0. The molecule has 4 aliphatic carbocycles. The van der Waals surface area contributed by atoms with Crippen LogP contribution in [0.5, 0.6) is 0 Å². The molecule has 0 nitrogen and oxygen atoms in total. The zero-order valence-corrected chi connectivity index (χ0v) is 63.8. The fraction of sp³-hybridized carbons (Fsp3) is 0.542. The fourth-order valence-electron chi connectivity index (χ4n) is 17.5. The average molecular weight is 1350 g/mol. The van der Waals surface area contributed by atoms with Crippen LogP contribution in [0, 0.1) is 5.41 Å². The van der Waals surface area contributed by atoms with Gasteiger partial charge < -0.3 is 0 Å². The normalized spacial score (nSPS) is 17.3. The Morgan fingerprint density at radius 3 is 1.08 bits per heavy atom. The first-order valence-corrected chi connectivity index (χ1v) is 43.0. The maximum absolute atomic E-state index is 2.65. The molecule has 1 unspecified atom stereocenters. The molecule has 1 atom stereocenters. The van der Waals surface area contributed by atoms with Crippen LogP contribution in [0.15, 0.2) is 172 Å². The molecule has 0 radical (unpaired) electrons. The van der Waals surface area contributed by atoms with Crippen molar-refractivity contribution in [3.63, 3.8) is 0 Å². The largest absolute Gasteiger partial charge is 0.105 e. The second kappa shape index (κ2) is 38.9. The van der Waals surface area contributed by atoms with E-state index in [0.717, 1.165) is 6.42 Å². The highest BCUT2D eigenvalue weighted by atomic mass is 32.2. The molecular weight excluding hydrogens is 1220 g/mol. The van der Waals surface area contributed by atoms with Crippen molar-refractivity contribution in [2.45, 2.75) is 327 Å². The number of benzene rings is 5. The maximum Gasteiger partial charge on any atom is 0.0888 e. The third-order valence-corrected chi connectivity index (χ3v) is 26.1. The molecule has 98 heavy (non-hydrogen) atoms. The van der Waals surface area contributed by atoms with Gasteiger partial charge in [0.2, 0.25) is 0 Å². The van der Waals surface area contributed by atoms with Crippen molar-refractivity contribution < 1.29 is 0 Å². The lowest BCUT2D eigenvalue weighted by molar-refractivity contribution is 0.556. The van der Waals surface area contributed by atoms with Crippen LogP contribution < -0.4 is 10.4 Å². The Labute approximate surface area is 606 Å². The highest BCUT2D eigenvalue weighted by Crippen LogP contribution is 2.68. The van der Waals surface area contributed by atoms with Gasteiger partial charge in [-0.05, 0) is 170 Å². The molecule has 2 aliphatic heterocycles. The highest BCUT2D eigenvalue weighted by Gasteiger charge is 2.53. The van der Waals surface area contributed by atoms with Gasteiger partial charge in [-0.2, -0.15) is 0 Å². The zero-order chi connectivity index (χ0) is 67.5. The quantitative estimate of drug-likeness (QED) is 0.0356. The van der Waals surface area contributed by atoms with Crippen LogP contribution in [0.25, 0.3) is 17.7 Å². The SMILES string of the molecule is CCCCCCCCCCCCc1ccc(C2(c3ccc(CCCCCCCCCCCC)cc3)C=c3cc4c(cc3=C2)C2=CC3=CC5=C(C=CC(c6ccc(CCCCCCCCCCCC)cc6)(c6ccc(CCCCCCCCCCCC)cc6)S5)C35C=CSC5=C2C4)cc1. The summed E-state index contributed by atoms with van der Waals surface area (Å²) in [6.07, 6.45) is 79.1. The van der Waals surface area contributed by atoms with E-state index in [1.54, 1.807) is 0 Å². The Kier molecular flexibility index (Phi) is 29.4. The third kappa shape index (κ3) is 19.0. The summed E-state index contributed by atoms with van der Waals surface area (Å²) < 4.78 is -0.330. The van der Waals surface area contributed by atoms with Crippen LogP contribution in [0.4, 0.5) is 0 Å². The van der Waals surface area contributed by atoms with Gasteiger partial charge in [0.05, 0.1) is 15.6 Å². The predicted octanol–water partition coefficient (Wildman–Crippen LogP) is 28.0. The molecule has 0 amide bonds. The number of thioether (sulfide) groups is 2. The minimum atomic E-state index is -0.335. The molecule has 2 heteroatoms. The molecule has 0 saturated carbocycles. The Hall–Kier alpha value is -5.02. The lowest BCUT2D eigenvalue weighted by Gasteiger charge is -2.38. The van der Waals surface area contributed by atoms with E-state index in [2.05, 4.69) is 197 Å². The van der Waals surface area contributed by atoms with Crippen molar-refractivity contribution in [1.29, 1.82) is 0 Å². The van der Waals surface area contributed by atoms with E-state index in [1.807, 2.05) is 11.8 Å². The first-order chi connectivity index (χ1) is 48.4. The summed E-state index contributed by atoms with van der Waals surface area (Å²) in [5, 5.41) is 5.18. The Morgan fingerprint density at radius 2 is 0.704 bits per heavy atom. The number of unbranched alkanes of at least 4 members (excludes halogenated alkanes) is 36. The molecule has 0 fully saturated rings. The summed E-state index contributed by atoms with van der Waals surface area (Å²) in [5.41, 5.74) is 19.7. The van der Waals surface area contributed by atoms with E-state index in [0.29, 0.717) is 0 Å². The van der Waals surface area contributed by atoms with E-state index in [4.69, 9.17) is 0 Å². The zero-order valence-electron chi connectivity index (χ0n) is 62.1. The molecule has 6 aliphatic rings. The van der Waals surface area contributed by atoms with Crippen molar-refractivity contribution in [2.24, 2.45) is 5.41 Å². The molecule has 0 aromatic heterocycles. The van der Waals surface area contributed by atoms with Gasteiger partial charge in [-0.1, -0.05) is 392 Å². The second-order valence-corrected chi connectivity index (χ2v) is 33.3. The minimum absolute atomic E-state index is 0.232. The van der Waals surface area contributed by atoms with Gasteiger partial charge in [-0.3, -0.25) is 0 Å². The molecule has 0 bridgehead atoms. The van der Waals surface area contributed by atoms with Crippen molar-refractivity contribution >= 4 is 41.2 Å². The van der Waals surface area contributed by atoms with Crippen LogP contribution in [-0.2, 0) is 42.3 Å². The molecule has 0 saturated heterocycles. The van der Waals surface area contributed by atoms with E-state index in [-0.39, 0.29) is 15.6 Å². The summed E-state index contributed by atoms with van der Waals surface area (Å²) in [6.45, 7) is 9.27. The van der Waals surface area contributed by atoms with Crippen LogP contribution in [0.1, 0.15) is 340 Å². The van der Waals surface area contributed by atoms with Crippen molar-refractivity contribution in [3.05, 3.63) is 238 Å². The molecule has 11 rings (SSSR count). The Bertz CT molecular complexity index is 3460. The van der Waals surface area contributed by atoms with Crippen molar-refractivity contribution in [2.75, 3.05) is 0 Å². The number of allylic oxidation sites excluding steroid dienone is 9. The second-order valence-electron chi connectivity index (χ2n) is 31.1. The average Bonchev–Trinajstić information content (AvgIpc) is 1.52. The number of hydrogen-bond donors (Lipinski definition) is 0. The number of fused-ring (bicyclic) bond motifs is 4. The molecule has 0 N–H and O–H groups in total. The smallest absolute Gasteiger partial charge is 0.0888 e. The topological polar surface area (TPSA) is 0 Å². The molecule has 5 aromatic carbocycles. The molecule has 524 valence electrons. The number of aryl methyl sites for hydroxylation is 4. The van der Waals surface area contributed by atoms with Gasteiger partial charge in [0, 0.05) is 9.81 Å². The van der Waals surface area contributed by atoms with E-state index < -0.39 is 0 Å². The summed E-state index contributed by atoms with van der Waals surface area (Å²) in [4.78, 5) is 2.96. The van der Waals surface area contributed by atoms with Gasteiger partial charge >= 0.3 is 0 Å². The van der Waals surface area contributed by atoms with Gasteiger partial charge in [-0.25, -0.2) is 0 Å². The Morgan fingerprint density at radius 1 is 0.357 bits per heavy atom. The summed E-state index contributed by atoms with van der Waals surface area (Å²) >= 11 is 4.10. The van der Waals surface area contributed by atoms with Crippen LogP contribution >= 0.6 is 23.5 Å². The fourth-order valence-corrected chi connectivity index (χ4v) is 20.2. The van der Waals surface area contributed by atoms with Gasteiger partial charge in [-0.15, -0.1) is 23.5 Å². The highest BCUT2D eigenvalue weighted by molar-refractivity contribution is 8.06. The molecule has 2 heterocycles. The van der Waals surface area contributed by atoms with Crippen LogP contribution in [0.3, 0.4) is 0 Å². The lowest BCUT2D eigenvalue weighted by Crippen LogP contribution is -2.27. The van der Waals surface area contributed by atoms with Gasteiger partial charge in [0.25, 0.3) is 0 Å². The molecular formula is C96H128S2. The standard InChI is InChI=1S/C96H128S2/c1-5-9-13-17-21-25-29-33-37-41-45-76-49-57-83(58-50-76)94(84-59-51-77(52-60-84)46-42-38-34-30-26-22-18-14-10-6-2)74-81-69-80-70-90-89(88(80)71-82(81)75-94)72-87-73-92-91(95(87)67-68-97-93(90)95)65-66-96(98-92,85-61-53-78(54-62-85)47-43-39-35-31-27-23-19-15-11-7-3)86-63-55-79(56-64-86)48-44-40-36-32-28-24-20-16-12-8-4/h49-69,71-75H,5-48,70H2,1-4H3. The monoisotopic (exact) mass is 1340 g/mol. The first-order valence-electron chi connectivity index (χ1n) is 41.3. The Balaban J connectivity index is 0.821. The van der Waals surface area contributed by atoms with E-state index in [9.17, 15) is 0 Å². The summed E-state index contributed by atoms with van der Waals surface area (Å²) in [5.74, 6) is 0. The molecule has 1 spiro atoms.